The topological polar surface area (TPSA) is 33.2 Å². The first kappa shape index (κ1) is 10.9. The van der Waals surface area contributed by atoms with E-state index in [-0.39, 0.29) is 0 Å². The first-order valence-corrected chi connectivity index (χ1v) is 4.52. The Kier molecular flexibility index (Phi) is 3.84. The molecule has 14 heavy (non-hydrogen) atoms. The minimum atomic E-state index is 0.340. The van der Waals surface area contributed by atoms with Crippen molar-refractivity contribution in [1.29, 1.82) is 0 Å². The van der Waals surface area contributed by atoms with E-state index in [1.807, 2.05) is 24.9 Å². The highest BCUT2D eigenvalue weighted by Gasteiger charge is 2.08. The molecule has 0 aliphatic heterocycles. The minimum absolute atomic E-state index is 0.340. The fourth-order valence-corrected chi connectivity index (χ4v) is 1.33. The SMILES string of the molecule is CN(C)CC(=C=O)c1cccnc1Cl. The number of likely N-dealkylation sites (N-methyl/N-ethyl adjacent to an activating group) is 1. The van der Waals surface area contributed by atoms with Crippen molar-refractivity contribution >= 4 is 23.1 Å². The second-order valence-electron chi connectivity index (χ2n) is 3.16. The van der Waals surface area contributed by atoms with Crippen LogP contribution in [0.25, 0.3) is 5.57 Å². The average Bonchev–Trinajstić information content (AvgIpc) is 2.15. The van der Waals surface area contributed by atoms with Crippen molar-refractivity contribution in [2.75, 3.05) is 20.6 Å². The lowest BCUT2D eigenvalue weighted by molar-refractivity contribution is 0.462. The number of nitrogens with zero attached hydrogens (tertiary/aromatic N) is 2. The molecule has 0 aromatic carbocycles. The van der Waals surface area contributed by atoms with Crippen LogP contribution in [0.4, 0.5) is 0 Å². The molecule has 1 aromatic heterocycles. The Morgan fingerprint density at radius 1 is 1.64 bits per heavy atom. The maximum atomic E-state index is 10.7. The van der Waals surface area contributed by atoms with Gasteiger partial charge in [-0.3, -0.25) is 0 Å². The summed E-state index contributed by atoms with van der Waals surface area (Å²) in [4.78, 5) is 16.5. The molecule has 74 valence electrons. The molecular weight excluding hydrogens is 200 g/mol. The zero-order valence-electron chi connectivity index (χ0n) is 8.12. The maximum Gasteiger partial charge on any atom is 0.137 e. The second-order valence-corrected chi connectivity index (χ2v) is 3.52. The average molecular weight is 211 g/mol. The van der Waals surface area contributed by atoms with Crippen molar-refractivity contribution in [2.24, 2.45) is 0 Å². The van der Waals surface area contributed by atoms with Crippen LogP contribution in [0.5, 0.6) is 0 Å². The normalized spacial score (nSPS) is 10.0. The van der Waals surface area contributed by atoms with E-state index in [0.717, 1.165) is 0 Å². The number of hydrogen-bond acceptors (Lipinski definition) is 3. The molecule has 0 aliphatic carbocycles. The highest BCUT2D eigenvalue weighted by molar-refractivity contribution is 6.31. The Labute approximate surface area is 88.0 Å². The summed E-state index contributed by atoms with van der Waals surface area (Å²) in [5.41, 5.74) is 1.17. The third-order valence-corrected chi connectivity index (χ3v) is 1.98. The molecule has 0 unspecified atom stereocenters. The van der Waals surface area contributed by atoms with Gasteiger partial charge in [0.05, 0.1) is 5.57 Å². The van der Waals surface area contributed by atoms with Crippen LogP contribution in [-0.4, -0.2) is 36.5 Å². The zero-order chi connectivity index (χ0) is 10.6. The van der Waals surface area contributed by atoms with E-state index in [0.29, 0.717) is 22.8 Å². The lowest BCUT2D eigenvalue weighted by atomic mass is 10.1. The van der Waals surface area contributed by atoms with E-state index >= 15 is 0 Å². The van der Waals surface area contributed by atoms with Gasteiger partial charge in [-0.1, -0.05) is 11.6 Å². The van der Waals surface area contributed by atoms with Gasteiger partial charge in [0, 0.05) is 18.3 Å². The van der Waals surface area contributed by atoms with Crippen molar-refractivity contribution in [1.82, 2.24) is 9.88 Å². The van der Waals surface area contributed by atoms with Gasteiger partial charge in [-0.25, -0.2) is 9.78 Å². The third kappa shape index (κ3) is 2.67. The van der Waals surface area contributed by atoms with E-state index in [4.69, 9.17) is 11.6 Å². The van der Waals surface area contributed by atoms with Gasteiger partial charge in [0.1, 0.15) is 11.1 Å². The molecule has 4 heteroatoms. The highest BCUT2D eigenvalue weighted by Crippen LogP contribution is 2.19. The largest absolute Gasteiger partial charge is 0.304 e. The molecule has 1 aromatic rings. The smallest absolute Gasteiger partial charge is 0.137 e. The zero-order valence-corrected chi connectivity index (χ0v) is 8.88. The van der Waals surface area contributed by atoms with Crippen molar-refractivity contribution in [3.8, 4) is 0 Å². The monoisotopic (exact) mass is 210 g/mol. The molecule has 0 radical (unpaired) electrons. The predicted octanol–water partition coefficient (Wildman–Crippen LogP) is 1.51. The van der Waals surface area contributed by atoms with E-state index in [9.17, 15) is 4.79 Å². The van der Waals surface area contributed by atoms with Gasteiger partial charge < -0.3 is 4.90 Å². The fraction of sp³-hybridized carbons (Fsp3) is 0.300. The summed E-state index contributed by atoms with van der Waals surface area (Å²) in [6.45, 7) is 0.509. The summed E-state index contributed by atoms with van der Waals surface area (Å²) in [6.07, 6.45) is 1.59. The van der Waals surface area contributed by atoms with Gasteiger partial charge in [0.25, 0.3) is 0 Å². The van der Waals surface area contributed by atoms with Crippen LogP contribution in [0.2, 0.25) is 5.15 Å². The summed E-state index contributed by atoms with van der Waals surface area (Å²) in [5, 5.41) is 0.340. The summed E-state index contributed by atoms with van der Waals surface area (Å²) < 4.78 is 0. The Bertz CT molecular complexity index is 370. The van der Waals surface area contributed by atoms with Crippen LogP contribution in [0.1, 0.15) is 5.56 Å². The van der Waals surface area contributed by atoms with Crippen LogP contribution in [0, 0.1) is 0 Å². The number of rotatable bonds is 3. The summed E-state index contributed by atoms with van der Waals surface area (Å²) in [6, 6.07) is 3.51. The molecule has 3 nitrogen and oxygen atoms in total. The summed E-state index contributed by atoms with van der Waals surface area (Å²) in [7, 11) is 3.75. The molecule has 1 rings (SSSR count). The molecular formula is C10H11ClN2O. The van der Waals surface area contributed by atoms with Crippen molar-refractivity contribution < 1.29 is 4.79 Å². The number of pyridine rings is 1. The Morgan fingerprint density at radius 2 is 2.36 bits per heavy atom. The molecule has 0 bridgehead atoms. The van der Waals surface area contributed by atoms with Crippen LogP contribution in [-0.2, 0) is 4.79 Å². The van der Waals surface area contributed by atoms with E-state index in [1.165, 1.54) is 0 Å². The van der Waals surface area contributed by atoms with Crippen LogP contribution in [0.15, 0.2) is 18.3 Å². The molecule has 0 aliphatic rings. The van der Waals surface area contributed by atoms with Gasteiger partial charge in [0.15, 0.2) is 0 Å². The Hall–Kier alpha value is -1.15. The van der Waals surface area contributed by atoms with Gasteiger partial charge in [-0.2, -0.15) is 0 Å². The Morgan fingerprint density at radius 3 is 2.86 bits per heavy atom. The second kappa shape index (κ2) is 4.91. The number of carbonyl (C=O) groups excluding carboxylic acids is 1. The summed E-state index contributed by atoms with van der Waals surface area (Å²) >= 11 is 5.85. The van der Waals surface area contributed by atoms with Gasteiger partial charge in [-0.05, 0) is 26.2 Å². The van der Waals surface area contributed by atoms with E-state index in [1.54, 1.807) is 18.3 Å². The van der Waals surface area contributed by atoms with Gasteiger partial charge in [-0.15, -0.1) is 0 Å². The molecule has 0 fully saturated rings. The maximum absolute atomic E-state index is 10.7. The molecule has 0 atom stereocenters. The van der Waals surface area contributed by atoms with Gasteiger partial charge in [0.2, 0.25) is 0 Å². The molecule has 0 saturated carbocycles. The van der Waals surface area contributed by atoms with Crippen LogP contribution in [0.3, 0.4) is 0 Å². The number of hydrogen-bond donors (Lipinski definition) is 0. The molecule has 0 amide bonds. The van der Waals surface area contributed by atoms with Crippen LogP contribution >= 0.6 is 11.6 Å². The molecule has 0 spiro atoms. The van der Waals surface area contributed by atoms with E-state index < -0.39 is 0 Å². The van der Waals surface area contributed by atoms with Crippen molar-refractivity contribution in [3.05, 3.63) is 29.0 Å². The predicted molar refractivity (Wildman–Crippen MR) is 56.9 cm³/mol. The molecule has 1 heterocycles. The molecule has 0 saturated heterocycles. The van der Waals surface area contributed by atoms with Crippen molar-refractivity contribution in [2.45, 2.75) is 0 Å². The third-order valence-electron chi connectivity index (χ3n) is 1.68. The first-order chi connectivity index (χ1) is 6.65. The Balaban J connectivity index is 3.03. The van der Waals surface area contributed by atoms with Crippen molar-refractivity contribution in [3.63, 3.8) is 0 Å². The van der Waals surface area contributed by atoms with E-state index in [2.05, 4.69) is 4.98 Å². The molecule has 0 N–H and O–H groups in total. The lowest BCUT2D eigenvalue weighted by Gasteiger charge is -2.10. The quantitative estimate of drug-likeness (QED) is 0.560. The minimum Gasteiger partial charge on any atom is -0.304 e. The first-order valence-electron chi connectivity index (χ1n) is 4.14. The van der Waals surface area contributed by atoms with Gasteiger partial charge >= 0.3 is 0 Å². The number of aromatic nitrogens is 1. The number of halogens is 1. The van der Waals surface area contributed by atoms with Crippen LogP contribution < -0.4 is 0 Å². The lowest BCUT2D eigenvalue weighted by Crippen LogP contribution is -2.15. The fourth-order valence-electron chi connectivity index (χ4n) is 1.10. The standard InChI is InChI=1S/C10H11ClN2O/c1-13(2)6-8(7-14)9-4-3-5-12-10(9)11/h3-5H,6H2,1-2H3. The summed E-state index contributed by atoms with van der Waals surface area (Å²) in [5.74, 6) is 1.89. The highest BCUT2D eigenvalue weighted by atomic mass is 35.5.